The molecule has 0 bridgehead atoms. The van der Waals surface area contributed by atoms with Gasteiger partial charge in [-0.1, -0.05) is 35.3 Å². The molecule has 1 aliphatic rings. The molecule has 0 fully saturated rings. The van der Waals surface area contributed by atoms with Crippen molar-refractivity contribution in [2.24, 2.45) is 5.73 Å². The number of nitrogens with zero attached hydrogens (tertiary/aromatic N) is 1. The number of aryl methyl sites for hydroxylation is 1. The molecule has 0 spiro atoms. The minimum Gasteiger partial charge on any atom is -0.327 e. The molecule has 0 radical (unpaired) electrons. The zero-order valence-corrected chi connectivity index (χ0v) is 12.5. The zero-order valence-electron chi connectivity index (χ0n) is 11.0. The molecule has 2 nitrogen and oxygen atoms in total. The van der Waals surface area contributed by atoms with Crippen molar-refractivity contribution in [1.82, 2.24) is 4.98 Å². The minimum atomic E-state index is 0.0587. The lowest BCUT2D eigenvalue weighted by molar-refractivity contribution is 0.517. The Labute approximate surface area is 128 Å². The van der Waals surface area contributed by atoms with Crippen molar-refractivity contribution in [2.75, 3.05) is 0 Å². The molecule has 4 heteroatoms. The number of fused-ring (bicyclic) bond motifs is 1. The van der Waals surface area contributed by atoms with Gasteiger partial charge in [-0.15, -0.1) is 0 Å². The van der Waals surface area contributed by atoms with Crippen molar-refractivity contribution in [3.8, 4) is 0 Å². The van der Waals surface area contributed by atoms with Gasteiger partial charge in [0.2, 0.25) is 0 Å². The molecule has 2 N–H and O–H groups in total. The molecule has 1 aromatic heterocycles. The summed E-state index contributed by atoms with van der Waals surface area (Å²) in [6.07, 6.45) is 4.79. The number of aromatic nitrogens is 1. The highest BCUT2D eigenvalue weighted by Gasteiger charge is 2.28. The summed E-state index contributed by atoms with van der Waals surface area (Å²) in [6, 6.07) is 9.91. The summed E-state index contributed by atoms with van der Waals surface area (Å²) in [6.45, 7) is 0. The van der Waals surface area contributed by atoms with Crippen LogP contribution in [0.1, 0.15) is 29.2 Å². The molecule has 0 saturated heterocycles. The Kier molecular flexibility index (Phi) is 3.97. The average molecular weight is 307 g/mol. The van der Waals surface area contributed by atoms with Gasteiger partial charge in [-0.05, 0) is 48.6 Å². The van der Waals surface area contributed by atoms with Gasteiger partial charge in [-0.2, -0.15) is 0 Å². The topological polar surface area (TPSA) is 38.9 Å². The predicted octanol–water partition coefficient (Wildman–Crippen LogP) is 3.99. The molecule has 20 heavy (non-hydrogen) atoms. The lowest BCUT2D eigenvalue weighted by Gasteiger charge is -2.19. The van der Waals surface area contributed by atoms with Gasteiger partial charge in [0, 0.05) is 23.9 Å². The highest BCUT2D eigenvalue weighted by Crippen LogP contribution is 2.34. The van der Waals surface area contributed by atoms with Crippen LogP contribution >= 0.6 is 23.2 Å². The van der Waals surface area contributed by atoms with Crippen LogP contribution in [0.25, 0.3) is 0 Å². The maximum Gasteiger partial charge on any atom is 0.0595 e. The van der Waals surface area contributed by atoms with E-state index >= 15 is 0 Å². The number of hydrogen-bond donors (Lipinski definition) is 1. The van der Waals surface area contributed by atoms with Crippen LogP contribution in [0.4, 0.5) is 0 Å². The van der Waals surface area contributed by atoms with E-state index in [1.807, 2.05) is 30.5 Å². The normalized spacial score (nSPS) is 18.9. The molecule has 0 aliphatic heterocycles. The molecular weight excluding hydrogens is 291 g/mol. The molecule has 104 valence electrons. The molecule has 0 saturated carbocycles. The zero-order chi connectivity index (χ0) is 14.1. The summed E-state index contributed by atoms with van der Waals surface area (Å²) in [7, 11) is 0. The van der Waals surface area contributed by atoms with Crippen molar-refractivity contribution in [1.29, 1.82) is 0 Å². The molecular formula is C16H16Cl2N2. The largest absolute Gasteiger partial charge is 0.327 e. The molecule has 3 rings (SSSR count). The van der Waals surface area contributed by atoms with Gasteiger partial charge in [0.1, 0.15) is 0 Å². The van der Waals surface area contributed by atoms with Crippen LogP contribution in [0.5, 0.6) is 0 Å². The fourth-order valence-electron chi connectivity index (χ4n) is 2.94. The van der Waals surface area contributed by atoms with Crippen LogP contribution in [0.2, 0.25) is 10.0 Å². The quantitative estimate of drug-likeness (QED) is 0.931. The van der Waals surface area contributed by atoms with Gasteiger partial charge in [0.15, 0.2) is 0 Å². The Morgan fingerprint density at radius 1 is 1.25 bits per heavy atom. The number of nitrogens with two attached hydrogens (primary N) is 1. The van der Waals surface area contributed by atoms with E-state index in [0.717, 1.165) is 24.8 Å². The monoisotopic (exact) mass is 306 g/mol. The van der Waals surface area contributed by atoms with E-state index in [2.05, 4.69) is 11.1 Å². The van der Waals surface area contributed by atoms with E-state index in [4.69, 9.17) is 28.9 Å². The van der Waals surface area contributed by atoms with Crippen LogP contribution in [0.15, 0.2) is 36.5 Å². The Bertz CT molecular complexity index is 628. The second kappa shape index (κ2) is 5.72. The molecule has 0 amide bonds. The van der Waals surface area contributed by atoms with Crippen molar-refractivity contribution in [2.45, 2.75) is 31.2 Å². The Morgan fingerprint density at radius 2 is 2.10 bits per heavy atom. The van der Waals surface area contributed by atoms with Gasteiger partial charge in [-0.3, -0.25) is 4.98 Å². The number of halogens is 2. The second-order valence-corrected chi connectivity index (χ2v) is 6.12. The first-order valence-electron chi connectivity index (χ1n) is 6.78. The molecule has 1 aromatic carbocycles. The lowest BCUT2D eigenvalue weighted by Crippen LogP contribution is -2.30. The molecule has 1 aliphatic carbocycles. The van der Waals surface area contributed by atoms with Crippen LogP contribution in [0, 0.1) is 0 Å². The fraction of sp³-hybridized carbons (Fsp3) is 0.312. The van der Waals surface area contributed by atoms with E-state index in [1.165, 1.54) is 11.3 Å². The number of hydrogen-bond acceptors (Lipinski definition) is 2. The lowest BCUT2D eigenvalue weighted by atomic mass is 9.92. The van der Waals surface area contributed by atoms with Crippen LogP contribution in [0.3, 0.4) is 0 Å². The number of rotatable bonds is 3. The van der Waals surface area contributed by atoms with Gasteiger partial charge in [0.05, 0.1) is 10.0 Å². The highest BCUT2D eigenvalue weighted by atomic mass is 35.5. The van der Waals surface area contributed by atoms with Gasteiger partial charge in [-0.25, -0.2) is 0 Å². The predicted molar refractivity (Wildman–Crippen MR) is 83.4 cm³/mol. The summed E-state index contributed by atoms with van der Waals surface area (Å²) in [5.74, 6) is 0.334. The van der Waals surface area contributed by atoms with Gasteiger partial charge in [0.25, 0.3) is 0 Å². The first-order valence-corrected chi connectivity index (χ1v) is 7.54. The Morgan fingerprint density at radius 3 is 2.90 bits per heavy atom. The third-order valence-corrected chi connectivity index (χ3v) is 4.71. The number of benzene rings is 1. The second-order valence-electron chi connectivity index (χ2n) is 5.31. The highest BCUT2D eigenvalue weighted by molar-refractivity contribution is 6.42. The summed E-state index contributed by atoms with van der Waals surface area (Å²) < 4.78 is 0. The van der Waals surface area contributed by atoms with Crippen LogP contribution < -0.4 is 5.73 Å². The Hall–Kier alpha value is -1.09. The fourth-order valence-corrected chi connectivity index (χ4v) is 3.26. The first-order chi connectivity index (χ1) is 9.65. The third-order valence-electron chi connectivity index (χ3n) is 3.97. The molecule has 1 heterocycles. The summed E-state index contributed by atoms with van der Waals surface area (Å²) in [5, 5.41) is 1.16. The SMILES string of the molecule is NC(Cc1ccc(Cl)c(Cl)c1)C1CCc2cccnc21. The number of pyridine rings is 1. The Balaban J connectivity index is 1.77. The van der Waals surface area contributed by atoms with Gasteiger partial charge < -0.3 is 5.73 Å². The van der Waals surface area contributed by atoms with E-state index in [9.17, 15) is 0 Å². The third kappa shape index (κ3) is 2.69. The van der Waals surface area contributed by atoms with Crippen LogP contribution in [-0.4, -0.2) is 11.0 Å². The molecule has 2 unspecified atom stereocenters. The van der Waals surface area contributed by atoms with Crippen molar-refractivity contribution >= 4 is 23.2 Å². The maximum absolute atomic E-state index is 6.40. The first kappa shape index (κ1) is 13.9. The van der Waals surface area contributed by atoms with Crippen molar-refractivity contribution in [3.63, 3.8) is 0 Å². The van der Waals surface area contributed by atoms with E-state index < -0.39 is 0 Å². The van der Waals surface area contributed by atoms with E-state index in [0.29, 0.717) is 16.0 Å². The van der Waals surface area contributed by atoms with Crippen LogP contribution in [-0.2, 0) is 12.8 Å². The van der Waals surface area contributed by atoms with E-state index in [1.54, 1.807) is 0 Å². The smallest absolute Gasteiger partial charge is 0.0595 e. The minimum absolute atomic E-state index is 0.0587. The summed E-state index contributed by atoms with van der Waals surface area (Å²) >= 11 is 12.0. The van der Waals surface area contributed by atoms with Crippen molar-refractivity contribution < 1.29 is 0 Å². The maximum atomic E-state index is 6.40. The standard InChI is InChI=1S/C16H16Cl2N2/c17-13-6-3-10(8-14(13)18)9-15(19)12-5-4-11-2-1-7-20-16(11)12/h1-3,6-8,12,15H,4-5,9,19H2. The van der Waals surface area contributed by atoms with Crippen molar-refractivity contribution in [3.05, 3.63) is 63.4 Å². The van der Waals surface area contributed by atoms with Gasteiger partial charge >= 0.3 is 0 Å². The summed E-state index contributed by atoms with van der Waals surface area (Å²) in [4.78, 5) is 4.51. The van der Waals surface area contributed by atoms with E-state index in [-0.39, 0.29) is 6.04 Å². The molecule has 2 atom stereocenters. The summed E-state index contributed by atoms with van der Waals surface area (Å²) in [5.41, 5.74) is 10.0. The molecule has 2 aromatic rings. The average Bonchev–Trinajstić information content (AvgIpc) is 2.87.